The predicted octanol–water partition coefficient (Wildman–Crippen LogP) is 3.20. The quantitative estimate of drug-likeness (QED) is 0.640. The van der Waals surface area contributed by atoms with Crippen molar-refractivity contribution >= 4 is 17.0 Å². The van der Waals surface area contributed by atoms with Crippen molar-refractivity contribution in [2.45, 2.75) is 6.42 Å². The number of amides is 1. The lowest BCUT2D eigenvalue weighted by molar-refractivity contribution is 0.267. The lowest BCUT2D eigenvalue weighted by Crippen LogP contribution is -2.09. The molecule has 1 heterocycles. The molecule has 0 spiro atoms. The van der Waals surface area contributed by atoms with Crippen LogP contribution < -0.4 is 5.36 Å². The molecule has 0 fully saturated rings. The second-order valence-corrected chi connectivity index (χ2v) is 5.01. The van der Waals surface area contributed by atoms with Gasteiger partial charge in [-0.2, -0.15) is 5.10 Å². The molecule has 2 rings (SSSR count). The van der Waals surface area contributed by atoms with Gasteiger partial charge >= 0.3 is 5.24 Å². The van der Waals surface area contributed by atoms with E-state index in [4.69, 9.17) is 0 Å². The van der Waals surface area contributed by atoms with Gasteiger partial charge in [-0.3, -0.25) is 4.79 Å². The van der Waals surface area contributed by atoms with Crippen LogP contribution in [0.3, 0.4) is 0 Å². The Morgan fingerprint density at radius 1 is 1.35 bits per heavy atom. The first-order valence-electron chi connectivity index (χ1n) is 6.22. The van der Waals surface area contributed by atoms with E-state index in [1.165, 1.54) is 11.8 Å². The number of rotatable bonds is 4. The van der Waals surface area contributed by atoms with Gasteiger partial charge < -0.3 is 0 Å². The lowest BCUT2D eigenvalue weighted by Gasteiger charge is -2.03. The molecule has 102 valence electrons. The van der Waals surface area contributed by atoms with Crippen molar-refractivity contribution in [3.05, 3.63) is 66.8 Å². The van der Waals surface area contributed by atoms with Gasteiger partial charge in [0.15, 0.2) is 0 Å². The molecule has 0 aliphatic rings. The molecule has 5 heteroatoms. The molecule has 0 bridgehead atoms. The monoisotopic (exact) mass is 285 g/mol. The van der Waals surface area contributed by atoms with Gasteiger partial charge in [0, 0.05) is 11.9 Å². The Hall–Kier alpha value is -2.14. The van der Waals surface area contributed by atoms with Gasteiger partial charge in [-0.15, -0.1) is 6.58 Å². The molecular formula is C15H15N3OS. The fourth-order valence-corrected chi connectivity index (χ4v) is 2.15. The zero-order valence-corrected chi connectivity index (χ0v) is 11.8. The van der Waals surface area contributed by atoms with E-state index in [1.807, 2.05) is 30.3 Å². The number of allylic oxidation sites excluding steroid dienone is 1. The molecule has 0 aliphatic carbocycles. The second kappa shape index (κ2) is 7.45. The standard InChI is InChI=1S/C15H15N3OS/c1-2-3-11-20-15(19)17-13-9-10-18(16-12-13)14-7-5-4-6-8-14/h2,4-10,12H,1,3,11H2. The van der Waals surface area contributed by atoms with Gasteiger partial charge in [0.1, 0.15) is 0 Å². The molecule has 0 saturated carbocycles. The molecule has 0 N–H and O–H groups in total. The summed E-state index contributed by atoms with van der Waals surface area (Å²) in [5.74, 6) is 0.704. The average molecular weight is 285 g/mol. The normalized spacial score (nSPS) is 11.3. The largest absolute Gasteiger partial charge is 0.305 e. The van der Waals surface area contributed by atoms with Crippen molar-refractivity contribution in [1.29, 1.82) is 0 Å². The summed E-state index contributed by atoms with van der Waals surface area (Å²) in [6.45, 7) is 3.61. The first kappa shape index (κ1) is 14.3. The van der Waals surface area contributed by atoms with Gasteiger partial charge in [-0.1, -0.05) is 36.0 Å². The van der Waals surface area contributed by atoms with E-state index in [0.717, 1.165) is 12.1 Å². The molecule has 4 nitrogen and oxygen atoms in total. The van der Waals surface area contributed by atoms with E-state index < -0.39 is 0 Å². The number of aromatic nitrogens is 2. The van der Waals surface area contributed by atoms with Gasteiger partial charge in [0.2, 0.25) is 0 Å². The number of hydrogen-bond acceptors (Lipinski definition) is 3. The van der Waals surface area contributed by atoms with Crippen LogP contribution in [0.5, 0.6) is 0 Å². The Morgan fingerprint density at radius 3 is 2.80 bits per heavy atom. The summed E-state index contributed by atoms with van der Waals surface area (Å²) >= 11 is 1.19. The molecule has 0 saturated heterocycles. The molecule has 2 aromatic rings. The number of para-hydroxylation sites is 1. The minimum Gasteiger partial charge on any atom is -0.259 e. The average Bonchev–Trinajstić information content (AvgIpc) is 2.49. The number of carbonyl (C=O) groups is 1. The van der Waals surface area contributed by atoms with E-state index in [2.05, 4.69) is 16.7 Å². The van der Waals surface area contributed by atoms with Gasteiger partial charge in [0.05, 0.1) is 17.2 Å². The van der Waals surface area contributed by atoms with Crippen LogP contribution in [0, 0.1) is 0 Å². The van der Waals surface area contributed by atoms with Gasteiger partial charge in [-0.25, -0.2) is 9.67 Å². The van der Waals surface area contributed by atoms with Crippen molar-refractivity contribution in [1.82, 2.24) is 9.78 Å². The molecule has 0 atom stereocenters. The van der Waals surface area contributed by atoms with Crippen molar-refractivity contribution in [2.24, 2.45) is 4.99 Å². The molecule has 0 aliphatic heterocycles. The Kier molecular flexibility index (Phi) is 5.32. The molecule has 1 amide bonds. The minimum absolute atomic E-state index is 0.203. The molecule has 1 aromatic carbocycles. The van der Waals surface area contributed by atoms with E-state index in [-0.39, 0.29) is 5.24 Å². The van der Waals surface area contributed by atoms with Crippen LogP contribution in [0.15, 0.2) is 66.4 Å². The Morgan fingerprint density at radius 2 is 2.15 bits per heavy atom. The summed E-state index contributed by atoms with van der Waals surface area (Å²) in [6, 6.07) is 11.5. The summed E-state index contributed by atoms with van der Waals surface area (Å²) in [4.78, 5) is 15.5. The third kappa shape index (κ3) is 4.20. The van der Waals surface area contributed by atoms with Crippen molar-refractivity contribution in [3.63, 3.8) is 0 Å². The fraction of sp³-hybridized carbons (Fsp3) is 0.133. The number of thioether (sulfide) groups is 1. The number of carbonyl (C=O) groups excluding carboxylic acids is 1. The number of benzene rings is 1. The minimum atomic E-state index is -0.203. The Balaban J connectivity index is 2.08. The first-order chi connectivity index (χ1) is 9.79. The zero-order chi connectivity index (χ0) is 14.2. The smallest absolute Gasteiger partial charge is 0.259 e. The van der Waals surface area contributed by atoms with Gasteiger partial charge in [0.25, 0.3) is 0 Å². The van der Waals surface area contributed by atoms with Crippen LogP contribution in [-0.4, -0.2) is 20.8 Å². The van der Waals surface area contributed by atoms with Crippen LogP contribution in [-0.2, 0) is 0 Å². The van der Waals surface area contributed by atoms with Crippen LogP contribution >= 0.6 is 11.8 Å². The van der Waals surface area contributed by atoms with E-state index in [0.29, 0.717) is 11.1 Å². The van der Waals surface area contributed by atoms with Crippen LogP contribution in [0.25, 0.3) is 5.69 Å². The number of hydrogen-bond donors (Lipinski definition) is 0. The molecule has 20 heavy (non-hydrogen) atoms. The number of nitrogens with zero attached hydrogens (tertiary/aromatic N) is 3. The van der Waals surface area contributed by atoms with Crippen molar-refractivity contribution in [2.75, 3.05) is 5.75 Å². The van der Waals surface area contributed by atoms with Crippen molar-refractivity contribution < 1.29 is 4.79 Å². The third-order valence-corrected chi connectivity index (χ3v) is 3.27. The second-order valence-electron chi connectivity index (χ2n) is 3.97. The summed E-state index contributed by atoms with van der Waals surface area (Å²) in [7, 11) is 0. The molecule has 0 radical (unpaired) electrons. The summed E-state index contributed by atoms with van der Waals surface area (Å²) in [5.41, 5.74) is 0.964. The van der Waals surface area contributed by atoms with Crippen molar-refractivity contribution in [3.8, 4) is 5.69 Å². The maximum absolute atomic E-state index is 11.6. The highest BCUT2D eigenvalue weighted by atomic mass is 32.2. The fourth-order valence-electron chi connectivity index (χ4n) is 1.52. The molecule has 1 aromatic heterocycles. The zero-order valence-electron chi connectivity index (χ0n) is 11.0. The van der Waals surface area contributed by atoms with E-state index in [1.54, 1.807) is 29.2 Å². The lowest BCUT2D eigenvalue weighted by atomic mass is 10.3. The Labute approximate surface area is 121 Å². The molecular weight excluding hydrogens is 270 g/mol. The van der Waals surface area contributed by atoms with Gasteiger partial charge in [-0.05, 0) is 24.6 Å². The van der Waals surface area contributed by atoms with E-state index >= 15 is 0 Å². The summed E-state index contributed by atoms with van der Waals surface area (Å²) in [5, 5.41) is 4.60. The van der Waals surface area contributed by atoms with Crippen LogP contribution in [0.2, 0.25) is 0 Å². The highest BCUT2D eigenvalue weighted by Crippen LogP contribution is 2.06. The predicted molar refractivity (Wildman–Crippen MR) is 81.8 cm³/mol. The maximum atomic E-state index is 11.6. The van der Waals surface area contributed by atoms with Crippen LogP contribution in [0.1, 0.15) is 6.42 Å². The highest BCUT2D eigenvalue weighted by molar-refractivity contribution is 8.13. The summed E-state index contributed by atoms with van der Waals surface area (Å²) in [6.07, 6.45) is 5.95. The maximum Gasteiger partial charge on any atom is 0.305 e. The highest BCUT2D eigenvalue weighted by Gasteiger charge is 1.98. The summed E-state index contributed by atoms with van der Waals surface area (Å²) < 4.78 is 1.73. The van der Waals surface area contributed by atoms with E-state index in [9.17, 15) is 4.79 Å². The molecule has 0 unspecified atom stereocenters. The first-order valence-corrected chi connectivity index (χ1v) is 7.21. The third-order valence-electron chi connectivity index (χ3n) is 2.49. The SMILES string of the molecule is C=CCCSC(=O)N=c1ccn(-c2ccccc2)nc1. The van der Waals surface area contributed by atoms with Crippen LogP contribution in [0.4, 0.5) is 4.79 Å². The topological polar surface area (TPSA) is 47.2 Å². The Bertz CT molecular complexity index is 629.